The van der Waals surface area contributed by atoms with Crippen LogP contribution in [0.5, 0.6) is 0 Å². The van der Waals surface area contributed by atoms with E-state index >= 15 is 0 Å². The quantitative estimate of drug-likeness (QED) is 0.111. The number of hydrogen-bond donors (Lipinski definition) is 22. The van der Waals surface area contributed by atoms with Gasteiger partial charge in [0, 0.05) is 0 Å². The molecule has 0 bridgehead atoms. The largest absolute Gasteiger partial charge is 1.00 e. The van der Waals surface area contributed by atoms with Gasteiger partial charge in [-0.15, -0.1) is 0 Å². The van der Waals surface area contributed by atoms with Crippen molar-refractivity contribution >= 4 is 58.6 Å². The van der Waals surface area contributed by atoms with Crippen molar-refractivity contribution in [2.75, 3.05) is 0 Å². The van der Waals surface area contributed by atoms with Crippen molar-refractivity contribution in [2.45, 2.75) is 0 Å². The minimum absolute atomic E-state index is 0. The molecule has 39 heavy (non-hydrogen) atoms. The molecular weight excluding hydrogens is 596 g/mol. The van der Waals surface area contributed by atoms with E-state index in [9.17, 15) is 0 Å². The van der Waals surface area contributed by atoms with Crippen LogP contribution in [0.4, 0.5) is 0 Å². The zero-order valence-electron chi connectivity index (χ0n) is 19.8. The summed E-state index contributed by atoms with van der Waals surface area (Å²) >= 11 is 0. The molecule has 0 aromatic heterocycles. The molecule has 0 rings (SSSR count). The Hall–Kier alpha value is 1.36. The second-order valence-electron chi connectivity index (χ2n) is 2.73. The molecule has 0 aliphatic heterocycles. The summed E-state index contributed by atoms with van der Waals surface area (Å²) in [6.07, 6.45) is 0. The molecule has 32 N–H and O–H groups in total. The van der Waals surface area contributed by atoms with E-state index in [1.165, 1.54) is 0 Å². The van der Waals surface area contributed by atoms with Crippen molar-refractivity contribution in [1.82, 2.24) is 0 Å². The summed E-state index contributed by atoms with van der Waals surface area (Å²) in [5, 5.41) is 174. The van der Waals surface area contributed by atoms with Crippen LogP contribution in [0.1, 0.15) is 0 Å². The first-order valence-electron chi connectivity index (χ1n) is 6.15. The molecule has 39 heteroatoms. The van der Waals surface area contributed by atoms with Crippen LogP contribution in [0.3, 0.4) is 0 Å². The fourth-order valence-corrected chi connectivity index (χ4v) is 0. The topological polar surface area (TPSA) is 649 Å². The van der Waals surface area contributed by atoms with Crippen LogP contribution in [-0.2, 0) is 0 Å². The molecule has 0 atom stereocenters. The summed E-state index contributed by atoms with van der Waals surface area (Å²) in [6, 6.07) is 0. The van der Waals surface area contributed by atoms with Crippen LogP contribution in [0.15, 0.2) is 0 Å². The van der Waals surface area contributed by atoms with Crippen molar-refractivity contribution in [3.8, 4) is 0 Å². The van der Waals surface area contributed by atoms with E-state index in [0.29, 0.717) is 0 Å². The Morgan fingerprint density at radius 2 is 0.231 bits per heavy atom. The minimum Gasteiger partial charge on any atom is -0.871 e. The molecule has 0 fully saturated rings. The van der Waals surface area contributed by atoms with E-state index < -0.39 is 58.6 Å². The normalized spacial score (nSPS) is 5.54. The van der Waals surface area contributed by atoms with Crippen LogP contribution in [0.25, 0.3) is 0 Å². The summed E-state index contributed by atoms with van der Waals surface area (Å²) in [6.45, 7) is 0. The number of rotatable bonds is 0. The third-order valence-corrected chi connectivity index (χ3v) is 0. The first-order chi connectivity index (χ1) is 13.9. The van der Waals surface area contributed by atoms with Gasteiger partial charge in [0.05, 0.1) is 7.32 Å². The molecule has 0 aromatic carbocycles. The van der Waals surface area contributed by atoms with Crippen LogP contribution in [0.2, 0.25) is 0 Å². The van der Waals surface area contributed by atoms with Gasteiger partial charge in [0.25, 0.3) is 0 Å². The maximum Gasteiger partial charge on any atom is 1.00 e. The SMILES string of the molecule is O.O.O.O.O.OB(O)O.OB(O)O.OB(O)O.OB(O)O.OB(O)O.OB(O)O.OB(O)O.[Na+].[Na+].[O-]B([O-])O. The number of hydrogen-bond acceptors (Lipinski definition) is 24. The second kappa shape index (κ2) is 90.1. The van der Waals surface area contributed by atoms with Gasteiger partial charge in [-0.05, 0) is 0 Å². The molecule has 0 aromatic rings. The predicted molar refractivity (Wildman–Crippen MR) is 113 cm³/mol. The fraction of sp³-hybridized carbons (Fsp3) is 0. The van der Waals surface area contributed by atoms with Gasteiger partial charge in [-0.1, -0.05) is 0 Å². The monoisotopic (exact) mass is 630 g/mol. The smallest absolute Gasteiger partial charge is 0.871 e. The van der Waals surface area contributed by atoms with Crippen LogP contribution in [-0.4, -0.2) is 196 Å². The molecular formula is H32B8Na2O29. The zero-order valence-corrected chi connectivity index (χ0v) is 23.8. The minimum atomic E-state index is -2.67. The molecule has 29 nitrogen and oxygen atoms in total. The van der Waals surface area contributed by atoms with Gasteiger partial charge in [0.15, 0.2) is 0 Å². The maximum absolute atomic E-state index is 8.53. The van der Waals surface area contributed by atoms with Crippen molar-refractivity contribution in [3.05, 3.63) is 0 Å². The molecule has 0 aliphatic rings. The molecule has 0 amide bonds. The molecule has 232 valence electrons. The second-order valence-corrected chi connectivity index (χ2v) is 2.73. The molecule has 0 saturated heterocycles. The Bertz CT molecular complexity index is 149. The maximum atomic E-state index is 8.53. The first-order valence-corrected chi connectivity index (χ1v) is 6.15. The first kappa shape index (κ1) is 97.2. The molecule has 0 saturated carbocycles. The van der Waals surface area contributed by atoms with Gasteiger partial charge in [-0.2, -0.15) is 0 Å². The third-order valence-electron chi connectivity index (χ3n) is 0. The summed E-state index contributed by atoms with van der Waals surface area (Å²) in [7, 11) is -17.8. The van der Waals surface area contributed by atoms with E-state index in [0.717, 1.165) is 0 Å². The van der Waals surface area contributed by atoms with E-state index in [2.05, 4.69) is 0 Å². The van der Waals surface area contributed by atoms with Gasteiger partial charge in [-0.3, -0.25) is 0 Å². The average Bonchev–Trinajstić information content (AvgIpc) is 2.30. The summed E-state index contributed by atoms with van der Waals surface area (Å²) in [5.41, 5.74) is 0. The third kappa shape index (κ3) is 29700. The molecule has 0 unspecified atom stereocenters. The molecule has 0 spiro atoms. The van der Waals surface area contributed by atoms with Crippen LogP contribution in [0, 0.1) is 0 Å². The van der Waals surface area contributed by atoms with Gasteiger partial charge in [-0.25, -0.2) is 0 Å². The van der Waals surface area contributed by atoms with Gasteiger partial charge < -0.3 is 148 Å². The van der Waals surface area contributed by atoms with Crippen LogP contribution >= 0.6 is 0 Å². The van der Waals surface area contributed by atoms with Crippen LogP contribution < -0.4 is 69.2 Å². The Morgan fingerprint density at radius 1 is 0.231 bits per heavy atom. The van der Waals surface area contributed by atoms with E-state index in [1.807, 2.05) is 0 Å². The van der Waals surface area contributed by atoms with Crippen molar-refractivity contribution in [3.63, 3.8) is 0 Å². The van der Waals surface area contributed by atoms with E-state index in [1.54, 1.807) is 0 Å². The van der Waals surface area contributed by atoms with Gasteiger partial charge in [0.1, 0.15) is 0 Å². The van der Waals surface area contributed by atoms with Gasteiger partial charge >= 0.3 is 110 Å². The fourth-order valence-electron chi connectivity index (χ4n) is 0. The van der Waals surface area contributed by atoms with E-state index in [4.69, 9.17) is 121 Å². The Morgan fingerprint density at radius 3 is 0.231 bits per heavy atom. The Kier molecular flexibility index (Phi) is 224. The van der Waals surface area contributed by atoms with Crippen molar-refractivity contribution in [2.24, 2.45) is 0 Å². The van der Waals surface area contributed by atoms with Crippen molar-refractivity contribution in [1.29, 1.82) is 0 Å². The summed E-state index contributed by atoms with van der Waals surface area (Å²) < 4.78 is 0. The Labute approximate surface area is 264 Å². The molecule has 0 heterocycles. The zero-order chi connectivity index (χ0) is 28.6. The van der Waals surface area contributed by atoms with Gasteiger partial charge in [0.2, 0.25) is 0 Å². The molecule has 0 radical (unpaired) electrons. The standard InChI is InChI=1S/7BH3O3.BHO3.2Na.5H2O/c8*2-1(3)4;;;;;;;/h7*2-4H;2H;;;5*1H2/q;;;;;;;-2;2*+1;;;;;. The predicted octanol–water partition coefficient (Wildman–Crippen LogP) is -27.8. The molecule has 0 aliphatic carbocycles. The summed E-state index contributed by atoms with van der Waals surface area (Å²) in [5.74, 6) is 0. The van der Waals surface area contributed by atoms with E-state index in [-0.39, 0.29) is 86.5 Å². The average molecular weight is 629 g/mol. The Balaban J connectivity index is -0.0000000127. The summed E-state index contributed by atoms with van der Waals surface area (Å²) in [4.78, 5) is 0. The van der Waals surface area contributed by atoms with Crippen molar-refractivity contribution < 1.29 is 207 Å².